The maximum Gasteiger partial charge on any atom is 0.305 e. The quantitative estimate of drug-likeness (QED) is 0.824. The van der Waals surface area contributed by atoms with E-state index in [0.717, 1.165) is 25.2 Å². The van der Waals surface area contributed by atoms with Crippen molar-refractivity contribution in [1.29, 1.82) is 0 Å². The Kier molecular flexibility index (Phi) is 5.25. The minimum atomic E-state index is -0.106. The maximum atomic E-state index is 11.5. The van der Waals surface area contributed by atoms with Gasteiger partial charge in [-0.2, -0.15) is 5.10 Å². The number of esters is 1. The van der Waals surface area contributed by atoms with Crippen LogP contribution < -0.4 is 5.32 Å². The molecule has 2 heterocycles. The summed E-state index contributed by atoms with van der Waals surface area (Å²) in [5.74, 6) is 1.59. The van der Waals surface area contributed by atoms with E-state index < -0.39 is 0 Å². The molecule has 3 unspecified atom stereocenters. The van der Waals surface area contributed by atoms with Gasteiger partial charge < -0.3 is 10.1 Å². The zero-order valence-electron chi connectivity index (χ0n) is 14.2. The predicted octanol–water partition coefficient (Wildman–Crippen LogP) is 2.33. The summed E-state index contributed by atoms with van der Waals surface area (Å²) >= 11 is 0. The Morgan fingerprint density at radius 2 is 2.29 bits per heavy atom. The summed E-state index contributed by atoms with van der Waals surface area (Å²) in [4.78, 5) is 15.8. The molecule has 128 valence electrons. The highest BCUT2D eigenvalue weighted by Crippen LogP contribution is 2.34. The molecule has 24 heavy (non-hydrogen) atoms. The normalized spacial score (nSPS) is 23.3. The number of hydrogen-bond donors (Lipinski definition) is 1. The summed E-state index contributed by atoms with van der Waals surface area (Å²) in [6.07, 6.45) is 8.13. The Balaban J connectivity index is 1.56. The van der Waals surface area contributed by atoms with Crippen LogP contribution in [0.4, 0.5) is 0 Å². The van der Waals surface area contributed by atoms with Crippen molar-refractivity contribution < 1.29 is 9.53 Å². The SMILES string of the molecule is COC(=O)CC1CCC(NCc2ccnc(-n3cccn3)c2)C1C. The molecule has 0 bridgehead atoms. The van der Waals surface area contributed by atoms with Gasteiger partial charge in [0.2, 0.25) is 0 Å². The van der Waals surface area contributed by atoms with E-state index in [1.54, 1.807) is 10.9 Å². The Labute approximate surface area is 142 Å². The van der Waals surface area contributed by atoms with Crippen LogP contribution in [0.15, 0.2) is 36.8 Å². The summed E-state index contributed by atoms with van der Waals surface area (Å²) in [5.41, 5.74) is 1.18. The molecule has 3 rings (SSSR count). The highest BCUT2D eigenvalue weighted by atomic mass is 16.5. The molecular weight excluding hydrogens is 304 g/mol. The van der Waals surface area contributed by atoms with Crippen molar-refractivity contribution in [3.63, 3.8) is 0 Å². The molecular formula is C18H24N4O2. The van der Waals surface area contributed by atoms with Crippen LogP contribution in [0.1, 0.15) is 31.7 Å². The monoisotopic (exact) mass is 328 g/mol. The number of nitrogens with zero attached hydrogens (tertiary/aromatic N) is 3. The van der Waals surface area contributed by atoms with Gasteiger partial charge in [-0.25, -0.2) is 9.67 Å². The fourth-order valence-electron chi connectivity index (χ4n) is 3.47. The van der Waals surface area contributed by atoms with Crippen molar-refractivity contribution in [3.05, 3.63) is 42.4 Å². The van der Waals surface area contributed by atoms with E-state index in [9.17, 15) is 4.79 Å². The van der Waals surface area contributed by atoms with Gasteiger partial charge >= 0.3 is 5.97 Å². The van der Waals surface area contributed by atoms with Crippen LogP contribution in [-0.4, -0.2) is 33.9 Å². The predicted molar refractivity (Wildman–Crippen MR) is 90.5 cm³/mol. The van der Waals surface area contributed by atoms with Gasteiger partial charge in [0.15, 0.2) is 5.82 Å². The third-order valence-electron chi connectivity index (χ3n) is 5.00. The largest absolute Gasteiger partial charge is 0.469 e. The minimum absolute atomic E-state index is 0.106. The third kappa shape index (κ3) is 3.82. The number of nitrogens with one attached hydrogen (secondary N) is 1. The highest BCUT2D eigenvalue weighted by molar-refractivity contribution is 5.69. The van der Waals surface area contributed by atoms with Crippen LogP contribution in [0.3, 0.4) is 0 Å². The summed E-state index contributed by atoms with van der Waals surface area (Å²) in [6, 6.07) is 6.38. The van der Waals surface area contributed by atoms with Crippen molar-refractivity contribution in [2.75, 3.05) is 7.11 Å². The standard InChI is InChI=1S/C18H24N4O2/c1-13-15(11-18(23)24-2)4-5-16(13)20-12-14-6-8-19-17(10-14)22-9-3-7-21-22/h3,6-10,13,15-16,20H,4-5,11-12H2,1-2H3. The molecule has 0 aromatic carbocycles. The molecule has 2 aromatic heterocycles. The lowest BCUT2D eigenvalue weighted by molar-refractivity contribution is -0.142. The van der Waals surface area contributed by atoms with E-state index >= 15 is 0 Å². The van der Waals surface area contributed by atoms with Crippen LogP contribution in [0.2, 0.25) is 0 Å². The van der Waals surface area contributed by atoms with E-state index in [-0.39, 0.29) is 5.97 Å². The molecule has 1 fully saturated rings. The topological polar surface area (TPSA) is 69.0 Å². The maximum absolute atomic E-state index is 11.5. The Hall–Kier alpha value is -2.21. The Bertz CT molecular complexity index is 671. The lowest BCUT2D eigenvalue weighted by Gasteiger charge is -2.21. The highest BCUT2D eigenvalue weighted by Gasteiger charge is 2.33. The molecule has 0 radical (unpaired) electrons. The second kappa shape index (κ2) is 7.57. The van der Waals surface area contributed by atoms with Gasteiger partial charge in [-0.15, -0.1) is 0 Å². The van der Waals surface area contributed by atoms with Crippen molar-refractivity contribution in [2.45, 2.75) is 38.8 Å². The van der Waals surface area contributed by atoms with Crippen LogP contribution in [-0.2, 0) is 16.1 Å². The average Bonchev–Trinajstić information content (AvgIpc) is 3.25. The van der Waals surface area contributed by atoms with Gasteiger partial charge in [0.25, 0.3) is 0 Å². The number of carbonyl (C=O) groups is 1. The number of hydrogen-bond acceptors (Lipinski definition) is 5. The van der Waals surface area contributed by atoms with Gasteiger partial charge in [-0.1, -0.05) is 6.92 Å². The first kappa shape index (κ1) is 16.6. The second-order valence-electron chi connectivity index (χ2n) is 6.44. The van der Waals surface area contributed by atoms with Crippen LogP contribution in [0.25, 0.3) is 5.82 Å². The van der Waals surface area contributed by atoms with Crippen molar-refractivity contribution in [3.8, 4) is 5.82 Å². The number of rotatable bonds is 6. The smallest absolute Gasteiger partial charge is 0.305 e. The number of methoxy groups -OCH3 is 1. The lowest BCUT2D eigenvalue weighted by Crippen LogP contribution is -2.32. The van der Waals surface area contributed by atoms with Gasteiger partial charge in [0.1, 0.15) is 0 Å². The molecule has 3 atom stereocenters. The van der Waals surface area contributed by atoms with E-state index in [2.05, 4.69) is 22.3 Å². The van der Waals surface area contributed by atoms with Gasteiger partial charge in [0, 0.05) is 37.6 Å². The van der Waals surface area contributed by atoms with E-state index in [0.29, 0.717) is 24.3 Å². The summed E-state index contributed by atoms with van der Waals surface area (Å²) in [6.45, 7) is 3.01. The zero-order chi connectivity index (χ0) is 16.9. The minimum Gasteiger partial charge on any atom is -0.469 e. The van der Waals surface area contributed by atoms with Crippen molar-refractivity contribution >= 4 is 5.97 Å². The molecule has 1 aliphatic carbocycles. The third-order valence-corrected chi connectivity index (χ3v) is 5.00. The molecule has 1 saturated carbocycles. The number of aromatic nitrogens is 3. The van der Waals surface area contributed by atoms with Gasteiger partial charge in [-0.3, -0.25) is 4.79 Å². The molecule has 0 spiro atoms. The first-order valence-electron chi connectivity index (χ1n) is 8.42. The molecule has 6 heteroatoms. The summed E-state index contributed by atoms with van der Waals surface area (Å²) in [7, 11) is 1.46. The second-order valence-corrected chi connectivity index (χ2v) is 6.44. The molecule has 1 N–H and O–H groups in total. The summed E-state index contributed by atoms with van der Waals surface area (Å²) < 4.78 is 6.56. The van der Waals surface area contributed by atoms with Crippen molar-refractivity contribution in [1.82, 2.24) is 20.1 Å². The van der Waals surface area contributed by atoms with Crippen LogP contribution in [0.5, 0.6) is 0 Å². The van der Waals surface area contributed by atoms with Crippen LogP contribution in [0, 0.1) is 11.8 Å². The molecule has 0 amide bonds. The average molecular weight is 328 g/mol. The Morgan fingerprint density at radius 3 is 3.04 bits per heavy atom. The molecule has 2 aromatic rings. The van der Waals surface area contributed by atoms with Gasteiger partial charge in [-0.05, 0) is 48.4 Å². The van der Waals surface area contributed by atoms with Crippen LogP contribution >= 0.6 is 0 Å². The Morgan fingerprint density at radius 1 is 1.42 bits per heavy atom. The first-order valence-corrected chi connectivity index (χ1v) is 8.42. The zero-order valence-corrected chi connectivity index (χ0v) is 14.2. The number of ether oxygens (including phenoxy) is 1. The molecule has 0 aliphatic heterocycles. The summed E-state index contributed by atoms with van der Waals surface area (Å²) in [5, 5.41) is 7.84. The first-order chi connectivity index (χ1) is 11.7. The number of pyridine rings is 1. The van der Waals surface area contributed by atoms with E-state index in [4.69, 9.17) is 4.74 Å². The van der Waals surface area contributed by atoms with Crippen molar-refractivity contribution in [2.24, 2.45) is 11.8 Å². The van der Waals surface area contributed by atoms with E-state index in [1.165, 1.54) is 12.7 Å². The van der Waals surface area contributed by atoms with Gasteiger partial charge in [0.05, 0.1) is 7.11 Å². The number of carbonyl (C=O) groups excluding carboxylic acids is 1. The molecule has 0 saturated heterocycles. The fourth-order valence-corrected chi connectivity index (χ4v) is 3.47. The fraction of sp³-hybridized carbons (Fsp3) is 0.500. The molecule has 1 aliphatic rings. The van der Waals surface area contributed by atoms with E-state index in [1.807, 2.05) is 30.6 Å². The lowest BCUT2D eigenvalue weighted by atomic mass is 9.93. The molecule has 6 nitrogen and oxygen atoms in total.